The Bertz CT molecular complexity index is 718. The monoisotopic (exact) mass is 319 g/mol. The standard InChI is InChI=1S/C15H13NO5S/c1-21-11-4-2-9(3-5-11)6-10-8-22-14(16-10)12(17)7-13(18)15(19)20/h2-5,7-8,18H,6H2,1H3,(H,19,20)/b13-7-. The van der Waals surface area contributed by atoms with Crippen LogP contribution in [0.25, 0.3) is 0 Å². The highest BCUT2D eigenvalue weighted by Gasteiger charge is 2.13. The second-order valence-electron chi connectivity index (χ2n) is 4.37. The van der Waals surface area contributed by atoms with Gasteiger partial charge in [-0.15, -0.1) is 11.3 Å². The van der Waals surface area contributed by atoms with Crippen LogP contribution in [-0.2, 0) is 11.2 Å². The zero-order chi connectivity index (χ0) is 16.1. The molecule has 0 saturated heterocycles. The first-order chi connectivity index (χ1) is 10.5. The third-order valence-electron chi connectivity index (χ3n) is 2.79. The van der Waals surface area contributed by atoms with Crippen molar-refractivity contribution in [1.29, 1.82) is 0 Å². The molecule has 0 unspecified atom stereocenters. The molecule has 7 heteroatoms. The Balaban J connectivity index is 2.09. The molecule has 6 nitrogen and oxygen atoms in total. The first-order valence-electron chi connectivity index (χ1n) is 6.25. The molecule has 0 aliphatic heterocycles. The minimum absolute atomic E-state index is 0.135. The van der Waals surface area contributed by atoms with Gasteiger partial charge in [-0.3, -0.25) is 4.79 Å². The van der Waals surface area contributed by atoms with E-state index in [9.17, 15) is 9.59 Å². The molecule has 0 fully saturated rings. The summed E-state index contributed by atoms with van der Waals surface area (Å²) >= 11 is 1.10. The van der Waals surface area contributed by atoms with E-state index in [1.165, 1.54) is 0 Å². The van der Waals surface area contributed by atoms with Gasteiger partial charge in [-0.2, -0.15) is 0 Å². The summed E-state index contributed by atoms with van der Waals surface area (Å²) in [5.41, 5.74) is 1.70. The maximum absolute atomic E-state index is 11.7. The van der Waals surface area contributed by atoms with E-state index in [2.05, 4.69) is 4.98 Å². The Morgan fingerprint density at radius 3 is 2.55 bits per heavy atom. The van der Waals surface area contributed by atoms with Crippen molar-refractivity contribution in [1.82, 2.24) is 4.98 Å². The Hall–Kier alpha value is -2.67. The first kappa shape index (κ1) is 15.7. The van der Waals surface area contributed by atoms with Gasteiger partial charge in [-0.25, -0.2) is 9.78 Å². The van der Waals surface area contributed by atoms with Crippen molar-refractivity contribution in [2.24, 2.45) is 0 Å². The smallest absolute Gasteiger partial charge is 0.371 e. The Labute approximate surface area is 130 Å². The van der Waals surface area contributed by atoms with E-state index in [4.69, 9.17) is 14.9 Å². The summed E-state index contributed by atoms with van der Waals surface area (Å²) in [5, 5.41) is 19.4. The summed E-state index contributed by atoms with van der Waals surface area (Å²) in [7, 11) is 1.59. The number of carboxylic acid groups (broad SMARTS) is 1. The molecule has 0 atom stereocenters. The zero-order valence-electron chi connectivity index (χ0n) is 11.6. The van der Waals surface area contributed by atoms with Crippen LogP contribution in [0.2, 0.25) is 0 Å². The van der Waals surface area contributed by atoms with E-state index in [1.807, 2.05) is 24.3 Å². The quantitative estimate of drug-likeness (QED) is 0.482. The molecular formula is C15H13NO5S. The predicted octanol–water partition coefficient (Wildman–Crippen LogP) is 2.45. The minimum Gasteiger partial charge on any atom is -0.502 e. The maximum Gasteiger partial charge on any atom is 0.371 e. The third-order valence-corrected chi connectivity index (χ3v) is 3.70. The number of aliphatic carboxylic acids is 1. The van der Waals surface area contributed by atoms with Crippen molar-refractivity contribution in [3.05, 3.63) is 57.7 Å². The molecule has 2 aromatic rings. The maximum atomic E-state index is 11.7. The largest absolute Gasteiger partial charge is 0.502 e. The van der Waals surface area contributed by atoms with E-state index in [-0.39, 0.29) is 5.01 Å². The van der Waals surface area contributed by atoms with E-state index in [0.29, 0.717) is 18.2 Å². The van der Waals surface area contributed by atoms with Crippen LogP contribution in [0.15, 0.2) is 41.5 Å². The number of methoxy groups -OCH3 is 1. The normalized spacial score (nSPS) is 11.2. The number of thiazole rings is 1. The van der Waals surface area contributed by atoms with Crippen molar-refractivity contribution < 1.29 is 24.5 Å². The molecule has 2 rings (SSSR count). The van der Waals surface area contributed by atoms with Gasteiger partial charge in [-0.05, 0) is 17.7 Å². The van der Waals surface area contributed by atoms with Gasteiger partial charge in [0.2, 0.25) is 11.5 Å². The van der Waals surface area contributed by atoms with Gasteiger partial charge >= 0.3 is 5.97 Å². The number of rotatable bonds is 6. The van der Waals surface area contributed by atoms with E-state index in [0.717, 1.165) is 22.6 Å². The molecular weight excluding hydrogens is 306 g/mol. The van der Waals surface area contributed by atoms with E-state index >= 15 is 0 Å². The molecule has 1 aromatic carbocycles. The number of nitrogens with zero attached hydrogens (tertiary/aromatic N) is 1. The lowest BCUT2D eigenvalue weighted by Gasteiger charge is -2.01. The van der Waals surface area contributed by atoms with Crippen molar-refractivity contribution in [3.63, 3.8) is 0 Å². The van der Waals surface area contributed by atoms with Crippen LogP contribution < -0.4 is 4.74 Å². The predicted molar refractivity (Wildman–Crippen MR) is 80.6 cm³/mol. The number of ether oxygens (including phenoxy) is 1. The van der Waals surface area contributed by atoms with Gasteiger partial charge in [0, 0.05) is 17.9 Å². The molecule has 22 heavy (non-hydrogen) atoms. The number of carbonyl (C=O) groups is 2. The number of allylic oxidation sites excluding steroid dienone is 1. The highest BCUT2D eigenvalue weighted by molar-refractivity contribution is 7.11. The number of aliphatic hydroxyl groups is 1. The Kier molecular flexibility index (Phi) is 4.90. The van der Waals surface area contributed by atoms with Crippen LogP contribution in [0, 0.1) is 0 Å². The number of hydrogen-bond donors (Lipinski definition) is 2. The molecule has 0 aliphatic carbocycles. The summed E-state index contributed by atoms with van der Waals surface area (Å²) in [6.07, 6.45) is 1.20. The van der Waals surface area contributed by atoms with Crippen molar-refractivity contribution in [2.45, 2.75) is 6.42 Å². The van der Waals surface area contributed by atoms with Crippen molar-refractivity contribution in [3.8, 4) is 5.75 Å². The summed E-state index contributed by atoms with van der Waals surface area (Å²) in [6, 6.07) is 7.47. The molecule has 0 saturated carbocycles. The highest BCUT2D eigenvalue weighted by atomic mass is 32.1. The third kappa shape index (κ3) is 3.92. The van der Waals surface area contributed by atoms with E-state index < -0.39 is 17.5 Å². The second kappa shape index (κ2) is 6.86. The van der Waals surface area contributed by atoms with Crippen LogP contribution in [0.3, 0.4) is 0 Å². The second-order valence-corrected chi connectivity index (χ2v) is 5.23. The summed E-state index contributed by atoms with van der Waals surface area (Å²) in [4.78, 5) is 26.4. The van der Waals surface area contributed by atoms with Crippen molar-refractivity contribution in [2.75, 3.05) is 7.11 Å². The van der Waals surface area contributed by atoms with Crippen LogP contribution in [0.5, 0.6) is 5.75 Å². The molecule has 0 amide bonds. The molecule has 114 valence electrons. The number of hydrogen-bond acceptors (Lipinski definition) is 6. The highest BCUT2D eigenvalue weighted by Crippen LogP contribution is 2.17. The van der Waals surface area contributed by atoms with Crippen LogP contribution in [0.4, 0.5) is 0 Å². The number of carbonyl (C=O) groups excluding carboxylic acids is 1. The Morgan fingerprint density at radius 2 is 1.95 bits per heavy atom. The fraction of sp³-hybridized carbons (Fsp3) is 0.133. The molecule has 1 heterocycles. The molecule has 0 bridgehead atoms. The number of aliphatic hydroxyl groups excluding tert-OH is 1. The van der Waals surface area contributed by atoms with Crippen LogP contribution in [-0.4, -0.2) is 34.1 Å². The topological polar surface area (TPSA) is 96.7 Å². The lowest BCUT2D eigenvalue weighted by molar-refractivity contribution is -0.135. The number of benzene rings is 1. The summed E-state index contributed by atoms with van der Waals surface area (Å²) < 4.78 is 5.07. The van der Waals surface area contributed by atoms with Gasteiger partial charge < -0.3 is 14.9 Å². The van der Waals surface area contributed by atoms with Crippen LogP contribution >= 0.6 is 11.3 Å². The van der Waals surface area contributed by atoms with Gasteiger partial charge in [-0.1, -0.05) is 12.1 Å². The lowest BCUT2D eigenvalue weighted by Crippen LogP contribution is -2.04. The van der Waals surface area contributed by atoms with Gasteiger partial charge in [0.15, 0.2) is 5.01 Å². The van der Waals surface area contributed by atoms with Gasteiger partial charge in [0.05, 0.1) is 12.8 Å². The molecule has 2 N–H and O–H groups in total. The first-order valence-corrected chi connectivity index (χ1v) is 7.13. The number of carboxylic acids is 1. The van der Waals surface area contributed by atoms with Gasteiger partial charge in [0.25, 0.3) is 0 Å². The average molecular weight is 319 g/mol. The number of ketones is 1. The SMILES string of the molecule is COc1ccc(Cc2csc(C(=O)/C=C(\O)C(=O)O)n2)cc1. The van der Waals surface area contributed by atoms with E-state index in [1.54, 1.807) is 12.5 Å². The summed E-state index contributed by atoms with van der Waals surface area (Å²) in [6.45, 7) is 0. The van der Waals surface area contributed by atoms with Crippen molar-refractivity contribution >= 4 is 23.1 Å². The summed E-state index contributed by atoms with van der Waals surface area (Å²) in [5.74, 6) is -2.43. The molecule has 0 aliphatic rings. The number of aromatic nitrogens is 1. The minimum atomic E-state index is -1.55. The fourth-order valence-electron chi connectivity index (χ4n) is 1.70. The molecule has 0 radical (unpaired) electrons. The Morgan fingerprint density at radius 1 is 1.27 bits per heavy atom. The fourth-order valence-corrected chi connectivity index (χ4v) is 2.43. The molecule has 0 spiro atoms. The lowest BCUT2D eigenvalue weighted by atomic mass is 10.1. The average Bonchev–Trinajstić information content (AvgIpc) is 2.96. The molecule has 1 aromatic heterocycles. The zero-order valence-corrected chi connectivity index (χ0v) is 12.5. The van der Waals surface area contributed by atoms with Crippen LogP contribution in [0.1, 0.15) is 21.1 Å². The van der Waals surface area contributed by atoms with Gasteiger partial charge in [0.1, 0.15) is 5.75 Å².